The molecule has 0 fully saturated rings. The van der Waals surface area contributed by atoms with E-state index < -0.39 is 0 Å². The number of benzene rings is 1. The Hall–Kier alpha value is -1.59. The van der Waals surface area contributed by atoms with Crippen LogP contribution in [-0.4, -0.2) is 22.6 Å². The van der Waals surface area contributed by atoms with E-state index in [1.165, 1.54) is 0 Å². The normalized spacial score (nSPS) is 13.1. The van der Waals surface area contributed by atoms with Crippen molar-refractivity contribution in [3.05, 3.63) is 34.2 Å². The predicted octanol–water partition coefficient (Wildman–Crippen LogP) is 0.683. The van der Waals surface area contributed by atoms with Crippen molar-refractivity contribution in [1.29, 1.82) is 0 Å². The molecule has 0 saturated carbocycles. The first-order valence-corrected chi connectivity index (χ1v) is 5.82. The lowest BCUT2D eigenvalue weighted by molar-refractivity contribution is 0.589. The average molecular weight is 234 g/mol. The van der Waals surface area contributed by atoms with Gasteiger partial charge in [-0.1, -0.05) is 6.07 Å². The van der Waals surface area contributed by atoms with Gasteiger partial charge in [-0.2, -0.15) is 0 Å². The molecule has 0 aliphatic heterocycles. The molecule has 1 aromatic carbocycles. The van der Waals surface area contributed by atoms with Crippen LogP contribution in [0.1, 0.15) is 18.9 Å². The van der Waals surface area contributed by atoms with Gasteiger partial charge in [0.1, 0.15) is 0 Å². The Balaban J connectivity index is 1.97. The molecule has 5 heteroatoms. The molecule has 1 heterocycles. The van der Waals surface area contributed by atoms with Crippen molar-refractivity contribution in [2.45, 2.75) is 25.9 Å². The van der Waals surface area contributed by atoms with E-state index in [0.717, 1.165) is 36.1 Å². The van der Waals surface area contributed by atoms with E-state index in [2.05, 4.69) is 15.3 Å². The molecule has 0 bridgehead atoms. The second-order valence-corrected chi connectivity index (χ2v) is 4.40. The maximum atomic E-state index is 11.1. The van der Waals surface area contributed by atoms with Gasteiger partial charge < -0.3 is 21.0 Å². The molecule has 0 amide bonds. The number of nitrogens with one attached hydrogen (secondary N) is 3. The smallest absolute Gasteiger partial charge is 0.323 e. The molecular weight excluding hydrogens is 216 g/mol. The number of aromatic nitrogens is 2. The second-order valence-electron chi connectivity index (χ2n) is 4.40. The first kappa shape index (κ1) is 11.9. The van der Waals surface area contributed by atoms with Crippen LogP contribution >= 0.6 is 0 Å². The minimum Gasteiger partial charge on any atom is -0.328 e. The third-order valence-electron chi connectivity index (χ3n) is 2.69. The van der Waals surface area contributed by atoms with Gasteiger partial charge in [0.2, 0.25) is 0 Å². The molecule has 92 valence electrons. The zero-order valence-electron chi connectivity index (χ0n) is 9.92. The third-order valence-corrected chi connectivity index (χ3v) is 2.69. The maximum Gasteiger partial charge on any atom is 0.323 e. The Bertz CT molecular complexity index is 541. The Morgan fingerprint density at radius 1 is 1.35 bits per heavy atom. The number of rotatable bonds is 5. The lowest BCUT2D eigenvalue weighted by Crippen LogP contribution is -2.23. The summed E-state index contributed by atoms with van der Waals surface area (Å²) in [6.07, 6.45) is 0.962. The van der Waals surface area contributed by atoms with Gasteiger partial charge in [0.25, 0.3) is 0 Å². The summed E-state index contributed by atoms with van der Waals surface area (Å²) >= 11 is 0. The number of hydrogen-bond donors (Lipinski definition) is 4. The van der Waals surface area contributed by atoms with Gasteiger partial charge in [0, 0.05) is 12.6 Å². The van der Waals surface area contributed by atoms with Gasteiger partial charge in [-0.15, -0.1) is 0 Å². The zero-order valence-corrected chi connectivity index (χ0v) is 9.92. The highest BCUT2D eigenvalue weighted by Gasteiger charge is 2.00. The summed E-state index contributed by atoms with van der Waals surface area (Å²) in [5, 5.41) is 3.32. The van der Waals surface area contributed by atoms with E-state index >= 15 is 0 Å². The highest BCUT2D eigenvalue weighted by Crippen LogP contribution is 2.09. The van der Waals surface area contributed by atoms with Crippen LogP contribution in [0, 0.1) is 0 Å². The van der Waals surface area contributed by atoms with E-state index in [-0.39, 0.29) is 11.7 Å². The van der Waals surface area contributed by atoms with Gasteiger partial charge in [-0.25, -0.2) is 4.79 Å². The van der Waals surface area contributed by atoms with Crippen LogP contribution in [0.4, 0.5) is 0 Å². The Kier molecular flexibility index (Phi) is 3.61. The monoisotopic (exact) mass is 234 g/mol. The molecule has 0 saturated heterocycles. The van der Waals surface area contributed by atoms with E-state index in [1.54, 1.807) is 0 Å². The largest absolute Gasteiger partial charge is 0.328 e. The lowest BCUT2D eigenvalue weighted by Gasteiger charge is -2.07. The van der Waals surface area contributed by atoms with Crippen molar-refractivity contribution in [2.75, 3.05) is 6.54 Å². The number of aromatic amines is 2. The van der Waals surface area contributed by atoms with Crippen LogP contribution in [0.5, 0.6) is 0 Å². The molecule has 1 atom stereocenters. The van der Waals surface area contributed by atoms with Crippen LogP contribution in [0.25, 0.3) is 11.0 Å². The van der Waals surface area contributed by atoms with Crippen LogP contribution in [0.3, 0.4) is 0 Å². The van der Waals surface area contributed by atoms with Gasteiger partial charge in [0.05, 0.1) is 11.0 Å². The molecule has 0 radical (unpaired) electrons. The summed E-state index contributed by atoms with van der Waals surface area (Å²) in [4.78, 5) is 16.6. The minimum absolute atomic E-state index is 0.165. The van der Waals surface area contributed by atoms with Crippen molar-refractivity contribution >= 4 is 11.0 Å². The van der Waals surface area contributed by atoms with Crippen LogP contribution in [-0.2, 0) is 6.54 Å². The molecule has 1 aromatic heterocycles. The molecule has 5 N–H and O–H groups in total. The highest BCUT2D eigenvalue weighted by molar-refractivity contribution is 5.74. The van der Waals surface area contributed by atoms with Gasteiger partial charge in [-0.05, 0) is 37.6 Å². The molecule has 0 spiro atoms. The van der Waals surface area contributed by atoms with Crippen molar-refractivity contribution in [2.24, 2.45) is 5.73 Å². The van der Waals surface area contributed by atoms with E-state index in [9.17, 15) is 4.79 Å². The molecule has 2 aromatic rings. The van der Waals surface area contributed by atoms with Gasteiger partial charge in [0.15, 0.2) is 0 Å². The second kappa shape index (κ2) is 5.16. The molecule has 5 nitrogen and oxygen atoms in total. The zero-order chi connectivity index (χ0) is 12.3. The molecule has 2 rings (SSSR count). The fourth-order valence-electron chi connectivity index (χ4n) is 1.75. The van der Waals surface area contributed by atoms with Crippen molar-refractivity contribution < 1.29 is 0 Å². The summed E-state index contributed by atoms with van der Waals surface area (Å²) in [7, 11) is 0. The number of fused-ring (bicyclic) bond motifs is 1. The standard InChI is InChI=1S/C12H18N4O/c1-8(13)4-5-14-7-9-2-3-10-11(6-9)16-12(17)15-10/h2-3,6,8,14H,4-5,7,13H2,1H3,(H2,15,16,17). The molecule has 1 unspecified atom stereocenters. The first-order chi connectivity index (χ1) is 8.15. The van der Waals surface area contributed by atoms with E-state index in [4.69, 9.17) is 5.73 Å². The van der Waals surface area contributed by atoms with Crippen molar-refractivity contribution in [1.82, 2.24) is 15.3 Å². The highest BCUT2D eigenvalue weighted by atomic mass is 16.1. The molecular formula is C12H18N4O. The fourth-order valence-corrected chi connectivity index (χ4v) is 1.75. The Morgan fingerprint density at radius 3 is 2.88 bits per heavy atom. The van der Waals surface area contributed by atoms with Gasteiger partial charge in [-0.3, -0.25) is 0 Å². The summed E-state index contributed by atoms with van der Waals surface area (Å²) < 4.78 is 0. The Labute approximate surface area is 99.4 Å². The number of H-pyrrole nitrogens is 2. The van der Waals surface area contributed by atoms with Crippen LogP contribution in [0.2, 0.25) is 0 Å². The molecule has 0 aliphatic carbocycles. The topological polar surface area (TPSA) is 86.7 Å². The minimum atomic E-state index is -0.165. The average Bonchev–Trinajstić information content (AvgIpc) is 2.63. The summed E-state index contributed by atoms with van der Waals surface area (Å²) in [5.74, 6) is 0. The quantitative estimate of drug-likeness (QED) is 0.574. The number of hydrogen-bond acceptors (Lipinski definition) is 3. The lowest BCUT2D eigenvalue weighted by atomic mass is 10.2. The van der Waals surface area contributed by atoms with E-state index in [1.807, 2.05) is 25.1 Å². The van der Waals surface area contributed by atoms with Crippen molar-refractivity contribution in [3.8, 4) is 0 Å². The number of nitrogens with two attached hydrogens (primary N) is 1. The van der Waals surface area contributed by atoms with Crippen molar-refractivity contribution in [3.63, 3.8) is 0 Å². The predicted molar refractivity (Wildman–Crippen MR) is 68.9 cm³/mol. The molecule has 0 aliphatic rings. The summed E-state index contributed by atoms with van der Waals surface area (Å²) in [5.41, 5.74) is 8.34. The number of imidazole rings is 1. The SMILES string of the molecule is CC(N)CCNCc1ccc2[nH]c(=O)[nH]c2c1. The summed E-state index contributed by atoms with van der Waals surface area (Å²) in [6, 6.07) is 6.12. The molecule has 17 heavy (non-hydrogen) atoms. The van der Waals surface area contributed by atoms with E-state index in [0.29, 0.717) is 0 Å². The van der Waals surface area contributed by atoms with Crippen LogP contribution < -0.4 is 16.7 Å². The Morgan fingerprint density at radius 2 is 2.12 bits per heavy atom. The third kappa shape index (κ3) is 3.18. The maximum absolute atomic E-state index is 11.1. The fraction of sp³-hybridized carbons (Fsp3) is 0.417. The van der Waals surface area contributed by atoms with Crippen LogP contribution in [0.15, 0.2) is 23.0 Å². The van der Waals surface area contributed by atoms with Gasteiger partial charge >= 0.3 is 5.69 Å². The summed E-state index contributed by atoms with van der Waals surface area (Å²) in [6.45, 7) is 3.69. The first-order valence-electron chi connectivity index (χ1n) is 5.82.